The summed E-state index contributed by atoms with van der Waals surface area (Å²) < 4.78 is 11.4. The topological polar surface area (TPSA) is 78.6 Å². The van der Waals surface area contributed by atoms with Gasteiger partial charge >= 0.3 is 5.97 Å². The second kappa shape index (κ2) is 7.96. The number of carbonyl (C=O) groups is 2. The Balaban J connectivity index is 2.06. The zero-order valence-electron chi connectivity index (χ0n) is 12.5. The van der Waals surface area contributed by atoms with Crippen LogP contribution in [0.5, 0.6) is 5.75 Å². The highest BCUT2D eigenvalue weighted by atomic mass is 127. The maximum atomic E-state index is 11.1. The van der Waals surface area contributed by atoms with E-state index in [9.17, 15) is 9.59 Å². The minimum Gasteiger partial charge on any atom is -0.489 e. The number of halogens is 1. The van der Waals surface area contributed by atoms with Gasteiger partial charge in [0.1, 0.15) is 19.0 Å². The lowest BCUT2D eigenvalue weighted by Gasteiger charge is -2.10. The second-order valence-electron chi connectivity index (χ2n) is 4.78. The molecule has 2 aromatic rings. The quantitative estimate of drug-likeness (QED) is 0.439. The third-order valence-corrected chi connectivity index (χ3v) is 3.92. The largest absolute Gasteiger partial charge is 0.489 e. The molecular formula is C17H16INO4. The van der Waals surface area contributed by atoms with E-state index in [1.165, 1.54) is 6.92 Å². The summed E-state index contributed by atoms with van der Waals surface area (Å²) >= 11 is 2.19. The highest BCUT2D eigenvalue weighted by molar-refractivity contribution is 14.1. The number of rotatable bonds is 6. The molecule has 0 aliphatic rings. The third kappa shape index (κ3) is 4.95. The van der Waals surface area contributed by atoms with Gasteiger partial charge in [-0.15, -0.1) is 0 Å². The van der Waals surface area contributed by atoms with Crippen molar-refractivity contribution < 1.29 is 19.1 Å². The van der Waals surface area contributed by atoms with Gasteiger partial charge in [-0.25, -0.2) is 0 Å². The molecule has 0 unspecified atom stereocenters. The summed E-state index contributed by atoms with van der Waals surface area (Å²) in [6.45, 7) is 1.89. The van der Waals surface area contributed by atoms with E-state index in [1.807, 2.05) is 30.3 Å². The number of esters is 1. The number of ether oxygens (including phenoxy) is 2. The number of nitrogens with two attached hydrogens (primary N) is 1. The van der Waals surface area contributed by atoms with Gasteiger partial charge in [0.05, 0.1) is 3.57 Å². The highest BCUT2D eigenvalue weighted by Gasteiger charge is 2.06. The number of hydrogen-bond donors (Lipinski definition) is 1. The van der Waals surface area contributed by atoms with E-state index in [4.69, 9.17) is 15.2 Å². The Morgan fingerprint density at radius 2 is 1.70 bits per heavy atom. The monoisotopic (exact) mass is 425 g/mol. The fourth-order valence-corrected chi connectivity index (χ4v) is 2.63. The van der Waals surface area contributed by atoms with E-state index < -0.39 is 5.91 Å². The molecule has 0 heterocycles. The third-order valence-electron chi connectivity index (χ3n) is 3.08. The van der Waals surface area contributed by atoms with E-state index in [0.29, 0.717) is 12.2 Å². The molecule has 2 rings (SSSR count). The lowest BCUT2D eigenvalue weighted by atomic mass is 10.0. The van der Waals surface area contributed by atoms with Crippen LogP contribution in [-0.4, -0.2) is 25.1 Å². The molecule has 120 valence electrons. The van der Waals surface area contributed by atoms with E-state index in [1.54, 1.807) is 12.1 Å². The molecule has 0 bridgehead atoms. The molecule has 0 saturated heterocycles. The van der Waals surface area contributed by atoms with Gasteiger partial charge in [0.15, 0.2) is 0 Å². The van der Waals surface area contributed by atoms with E-state index in [-0.39, 0.29) is 12.6 Å². The molecule has 0 aliphatic carbocycles. The molecular weight excluding hydrogens is 409 g/mol. The van der Waals surface area contributed by atoms with Crippen molar-refractivity contribution in [2.45, 2.75) is 6.92 Å². The Morgan fingerprint density at radius 1 is 1.04 bits per heavy atom. The van der Waals surface area contributed by atoms with Crippen LogP contribution < -0.4 is 10.5 Å². The van der Waals surface area contributed by atoms with Crippen molar-refractivity contribution in [3.63, 3.8) is 0 Å². The number of carbonyl (C=O) groups excluding carboxylic acids is 2. The minimum absolute atomic E-state index is 0.224. The Hall–Kier alpha value is -2.09. The van der Waals surface area contributed by atoms with Crippen molar-refractivity contribution in [3.8, 4) is 16.9 Å². The molecule has 0 aromatic heterocycles. The molecule has 0 atom stereocenters. The van der Waals surface area contributed by atoms with E-state index in [2.05, 4.69) is 22.6 Å². The number of amides is 1. The van der Waals surface area contributed by atoms with Crippen LogP contribution in [0.1, 0.15) is 17.3 Å². The van der Waals surface area contributed by atoms with Crippen LogP contribution in [0.15, 0.2) is 42.5 Å². The average molecular weight is 425 g/mol. The first-order valence-electron chi connectivity index (χ1n) is 6.93. The summed E-state index contributed by atoms with van der Waals surface area (Å²) in [5.74, 6) is -0.0315. The van der Waals surface area contributed by atoms with E-state index in [0.717, 1.165) is 20.4 Å². The molecule has 2 aromatic carbocycles. The SMILES string of the molecule is CC(=O)OCCOc1ccc(-c2ccc(C(N)=O)cc2)cc1I. The van der Waals surface area contributed by atoms with Crippen LogP contribution in [0.25, 0.3) is 11.1 Å². The minimum atomic E-state index is -0.442. The number of benzene rings is 2. The molecule has 0 spiro atoms. The van der Waals surface area contributed by atoms with Gasteiger partial charge in [-0.05, 0) is 58.0 Å². The van der Waals surface area contributed by atoms with Crippen LogP contribution in [-0.2, 0) is 9.53 Å². The standard InChI is InChI=1S/C17H16INO4/c1-11(20)22-8-9-23-16-7-6-14(10-15(16)18)12-2-4-13(5-3-12)17(19)21/h2-7,10H,8-9H2,1H3,(H2,19,21). The van der Waals surface area contributed by atoms with Crippen molar-refractivity contribution in [2.75, 3.05) is 13.2 Å². The first-order valence-corrected chi connectivity index (χ1v) is 8.01. The Morgan fingerprint density at radius 3 is 2.26 bits per heavy atom. The molecule has 0 radical (unpaired) electrons. The second-order valence-corrected chi connectivity index (χ2v) is 5.94. The van der Waals surface area contributed by atoms with Gasteiger partial charge in [0, 0.05) is 12.5 Å². The average Bonchev–Trinajstić information content (AvgIpc) is 2.52. The zero-order valence-corrected chi connectivity index (χ0v) is 14.7. The maximum Gasteiger partial charge on any atom is 0.302 e. The molecule has 0 saturated carbocycles. The first-order chi connectivity index (χ1) is 11.0. The molecule has 5 nitrogen and oxygen atoms in total. The maximum absolute atomic E-state index is 11.1. The van der Waals surface area contributed by atoms with Gasteiger partial charge in [-0.2, -0.15) is 0 Å². The van der Waals surface area contributed by atoms with Crippen LogP contribution in [0.2, 0.25) is 0 Å². The fourth-order valence-electron chi connectivity index (χ4n) is 1.96. The first kappa shape index (κ1) is 17.3. The highest BCUT2D eigenvalue weighted by Crippen LogP contribution is 2.28. The van der Waals surface area contributed by atoms with Crippen LogP contribution >= 0.6 is 22.6 Å². The number of hydrogen-bond acceptors (Lipinski definition) is 4. The summed E-state index contributed by atoms with van der Waals surface area (Å²) in [7, 11) is 0. The summed E-state index contributed by atoms with van der Waals surface area (Å²) in [4.78, 5) is 21.8. The Bertz CT molecular complexity index is 713. The number of primary amides is 1. The van der Waals surface area contributed by atoms with Gasteiger partial charge < -0.3 is 15.2 Å². The van der Waals surface area contributed by atoms with Gasteiger partial charge in [0.25, 0.3) is 0 Å². The van der Waals surface area contributed by atoms with Crippen molar-refractivity contribution in [2.24, 2.45) is 5.73 Å². The molecule has 6 heteroatoms. The van der Waals surface area contributed by atoms with Gasteiger partial charge in [-0.3, -0.25) is 9.59 Å². The smallest absolute Gasteiger partial charge is 0.302 e. The normalized spacial score (nSPS) is 10.2. The molecule has 2 N–H and O–H groups in total. The molecule has 1 amide bonds. The Kier molecular flexibility index (Phi) is 5.97. The Labute approximate surface area is 147 Å². The van der Waals surface area contributed by atoms with Crippen molar-refractivity contribution >= 4 is 34.5 Å². The van der Waals surface area contributed by atoms with Crippen molar-refractivity contribution in [1.29, 1.82) is 0 Å². The van der Waals surface area contributed by atoms with E-state index >= 15 is 0 Å². The predicted octanol–water partition coefficient (Wildman–Crippen LogP) is 3.00. The lowest BCUT2D eigenvalue weighted by Crippen LogP contribution is -2.10. The van der Waals surface area contributed by atoms with Crippen LogP contribution in [0.4, 0.5) is 0 Å². The molecule has 0 aliphatic heterocycles. The molecule has 0 fully saturated rings. The van der Waals surface area contributed by atoms with Gasteiger partial charge in [0.2, 0.25) is 5.91 Å². The summed E-state index contributed by atoms with van der Waals surface area (Å²) in [5.41, 5.74) is 7.71. The zero-order chi connectivity index (χ0) is 16.8. The predicted molar refractivity (Wildman–Crippen MR) is 95.2 cm³/mol. The van der Waals surface area contributed by atoms with Gasteiger partial charge in [-0.1, -0.05) is 18.2 Å². The summed E-state index contributed by atoms with van der Waals surface area (Å²) in [6, 6.07) is 12.9. The van der Waals surface area contributed by atoms with Crippen molar-refractivity contribution in [3.05, 3.63) is 51.6 Å². The van der Waals surface area contributed by atoms with Crippen molar-refractivity contribution in [1.82, 2.24) is 0 Å². The lowest BCUT2D eigenvalue weighted by molar-refractivity contribution is -0.141. The fraction of sp³-hybridized carbons (Fsp3) is 0.176. The van der Waals surface area contributed by atoms with Crippen LogP contribution in [0.3, 0.4) is 0 Å². The molecule has 23 heavy (non-hydrogen) atoms. The summed E-state index contributed by atoms with van der Waals surface area (Å²) in [5, 5.41) is 0. The van der Waals surface area contributed by atoms with Crippen LogP contribution in [0, 0.1) is 3.57 Å². The summed E-state index contributed by atoms with van der Waals surface area (Å²) in [6.07, 6.45) is 0.